The highest BCUT2D eigenvalue weighted by molar-refractivity contribution is 9.10. The summed E-state index contributed by atoms with van der Waals surface area (Å²) in [4.78, 5) is 1.07. The first-order chi connectivity index (χ1) is 9.97. The minimum atomic E-state index is -0.570. The molecule has 2 N–H and O–H groups in total. The van der Waals surface area contributed by atoms with Gasteiger partial charge in [0.1, 0.15) is 11.6 Å². The highest BCUT2D eigenvalue weighted by atomic mass is 79.9. The topological polar surface area (TPSA) is 26.0 Å². The summed E-state index contributed by atoms with van der Waals surface area (Å²) >= 11 is 8.00. The standard InChI is InChI=1S/C15H13Br2F2NS/c16-9-1-3-11(4-2-9)21-8-10(20)7-12-14(18)6-5-13(17)15(12)19/h1-6,10H,7-8,20H2. The van der Waals surface area contributed by atoms with Crippen LogP contribution in [0.1, 0.15) is 5.56 Å². The highest BCUT2D eigenvalue weighted by Crippen LogP contribution is 2.25. The highest BCUT2D eigenvalue weighted by Gasteiger charge is 2.15. The van der Waals surface area contributed by atoms with Crippen molar-refractivity contribution in [3.63, 3.8) is 0 Å². The molecule has 0 amide bonds. The Morgan fingerprint density at radius 2 is 1.71 bits per heavy atom. The number of benzene rings is 2. The fraction of sp³-hybridized carbons (Fsp3) is 0.200. The minimum absolute atomic E-state index is 0.0354. The zero-order valence-corrected chi connectivity index (χ0v) is 14.9. The average molecular weight is 437 g/mol. The predicted molar refractivity (Wildman–Crippen MR) is 90.6 cm³/mol. The molecule has 0 aromatic heterocycles. The molecule has 2 aromatic rings. The van der Waals surface area contributed by atoms with E-state index in [0.29, 0.717) is 5.75 Å². The van der Waals surface area contributed by atoms with Crippen LogP contribution in [0.4, 0.5) is 8.78 Å². The van der Waals surface area contributed by atoms with Gasteiger partial charge in [0.25, 0.3) is 0 Å². The SMILES string of the molecule is NC(CSc1ccc(Br)cc1)Cc1c(F)ccc(Br)c1F. The molecule has 0 saturated carbocycles. The second kappa shape index (κ2) is 7.72. The molecule has 6 heteroatoms. The maximum atomic E-state index is 13.9. The third kappa shape index (κ3) is 4.77. The van der Waals surface area contributed by atoms with Crippen LogP contribution in [-0.4, -0.2) is 11.8 Å². The monoisotopic (exact) mass is 435 g/mol. The lowest BCUT2D eigenvalue weighted by Crippen LogP contribution is -2.26. The molecule has 1 atom stereocenters. The quantitative estimate of drug-likeness (QED) is 0.517. The van der Waals surface area contributed by atoms with Gasteiger partial charge in [-0.15, -0.1) is 11.8 Å². The molecule has 2 rings (SSSR count). The van der Waals surface area contributed by atoms with Gasteiger partial charge in [-0.2, -0.15) is 0 Å². The molecule has 21 heavy (non-hydrogen) atoms. The van der Waals surface area contributed by atoms with Gasteiger partial charge in [-0.1, -0.05) is 15.9 Å². The molecule has 0 fully saturated rings. The van der Waals surface area contributed by atoms with Gasteiger partial charge >= 0.3 is 0 Å². The summed E-state index contributed by atoms with van der Waals surface area (Å²) in [6, 6.07) is 10.1. The lowest BCUT2D eigenvalue weighted by molar-refractivity contribution is 0.539. The van der Waals surface area contributed by atoms with E-state index in [1.165, 1.54) is 12.1 Å². The van der Waals surface area contributed by atoms with Crippen molar-refractivity contribution < 1.29 is 8.78 Å². The molecule has 0 spiro atoms. The van der Waals surface area contributed by atoms with Crippen LogP contribution in [0, 0.1) is 11.6 Å². The third-order valence-corrected chi connectivity index (χ3v) is 5.22. The Kier molecular flexibility index (Phi) is 6.22. The van der Waals surface area contributed by atoms with Gasteiger partial charge in [0.05, 0.1) is 4.47 Å². The fourth-order valence-corrected chi connectivity index (χ4v) is 3.30. The molecule has 0 radical (unpaired) electrons. The lowest BCUT2D eigenvalue weighted by atomic mass is 10.1. The second-order valence-electron chi connectivity index (χ2n) is 4.55. The Balaban J connectivity index is 1.97. The first kappa shape index (κ1) is 16.9. The van der Waals surface area contributed by atoms with E-state index in [4.69, 9.17) is 5.73 Å². The van der Waals surface area contributed by atoms with Crippen LogP contribution in [0.2, 0.25) is 0 Å². The summed E-state index contributed by atoms with van der Waals surface area (Å²) in [6.45, 7) is 0. The van der Waals surface area contributed by atoms with Crippen molar-refractivity contribution in [2.75, 3.05) is 5.75 Å². The van der Waals surface area contributed by atoms with Gasteiger partial charge in [0.2, 0.25) is 0 Å². The van der Waals surface area contributed by atoms with E-state index < -0.39 is 11.6 Å². The summed E-state index contributed by atoms with van der Waals surface area (Å²) in [5.74, 6) is -0.536. The van der Waals surface area contributed by atoms with Crippen molar-refractivity contribution in [2.24, 2.45) is 5.73 Å². The van der Waals surface area contributed by atoms with Crippen LogP contribution in [0.15, 0.2) is 50.2 Å². The zero-order chi connectivity index (χ0) is 15.4. The van der Waals surface area contributed by atoms with E-state index in [1.54, 1.807) is 11.8 Å². The Morgan fingerprint density at radius 3 is 2.38 bits per heavy atom. The predicted octanol–water partition coefficient (Wildman–Crippen LogP) is 5.15. The molecule has 1 nitrogen and oxygen atoms in total. The van der Waals surface area contributed by atoms with Crippen molar-refractivity contribution in [3.8, 4) is 0 Å². The summed E-state index contributed by atoms with van der Waals surface area (Å²) in [5.41, 5.74) is 6.03. The maximum Gasteiger partial charge on any atom is 0.143 e. The van der Waals surface area contributed by atoms with Crippen LogP contribution in [-0.2, 0) is 6.42 Å². The van der Waals surface area contributed by atoms with Gasteiger partial charge in [0, 0.05) is 26.7 Å². The average Bonchev–Trinajstić information content (AvgIpc) is 2.47. The van der Waals surface area contributed by atoms with E-state index in [0.717, 1.165) is 9.37 Å². The molecule has 0 saturated heterocycles. The van der Waals surface area contributed by atoms with Gasteiger partial charge in [-0.25, -0.2) is 8.78 Å². The molecule has 1 unspecified atom stereocenters. The lowest BCUT2D eigenvalue weighted by Gasteiger charge is -2.13. The third-order valence-electron chi connectivity index (χ3n) is 2.88. The molecular weight excluding hydrogens is 424 g/mol. The van der Waals surface area contributed by atoms with Crippen LogP contribution in [0.3, 0.4) is 0 Å². The fourth-order valence-electron chi connectivity index (χ4n) is 1.81. The van der Waals surface area contributed by atoms with Gasteiger partial charge in [0.15, 0.2) is 0 Å². The first-order valence-corrected chi connectivity index (χ1v) is 8.81. The molecule has 0 aliphatic heterocycles. The van der Waals surface area contributed by atoms with Crippen molar-refractivity contribution >= 4 is 43.6 Å². The normalized spacial score (nSPS) is 12.4. The molecule has 0 heterocycles. The van der Waals surface area contributed by atoms with Crippen molar-refractivity contribution in [2.45, 2.75) is 17.4 Å². The Hall–Kier alpha value is -0.430. The maximum absolute atomic E-state index is 13.9. The zero-order valence-electron chi connectivity index (χ0n) is 11.0. The smallest absolute Gasteiger partial charge is 0.143 e. The van der Waals surface area contributed by atoms with Crippen LogP contribution >= 0.6 is 43.6 Å². The van der Waals surface area contributed by atoms with Crippen LogP contribution in [0.5, 0.6) is 0 Å². The Labute approximate surface area is 143 Å². The van der Waals surface area contributed by atoms with Crippen molar-refractivity contribution in [1.82, 2.24) is 0 Å². The van der Waals surface area contributed by atoms with Gasteiger partial charge in [-0.05, 0) is 58.7 Å². The van der Waals surface area contributed by atoms with Crippen LogP contribution < -0.4 is 5.73 Å². The first-order valence-electron chi connectivity index (χ1n) is 6.23. The van der Waals surface area contributed by atoms with Crippen molar-refractivity contribution in [1.29, 1.82) is 0 Å². The summed E-state index contributed by atoms with van der Waals surface area (Å²) < 4.78 is 28.8. The molecule has 0 aliphatic carbocycles. The van der Waals surface area contributed by atoms with E-state index in [2.05, 4.69) is 31.9 Å². The largest absolute Gasteiger partial charge is 0.327 e. The Morgan fingerprint density at radius 1 is 1.05 bits per heavy atom. The molecule has 2 aromatic carbocycles. The minimum Gasteiger partial charge on any atom is -0.327 e. The number of hydrogen-bond donors (Lipinski definition) is 1. The van der Waals surface area contributed by atoms with E-state index in [9.17, 15) is 8.78 Å². The summed E-state index contributed by atoms with van der Waals surface area (Å²) in [5, 5.41) is 0. The second-order valence-corrected chi connectivity index (χ2v) is 7.41. The van der Waals surface area contributed by atoms with Gasteiger partial charge in [-0.3, -0.25) is 0 Å². The number of thioether (sulfide) groups is 1. The van der Waals surface area contributed by atoms with Crippen LogP contribution in [0.25, 0.3) is 0 Å². The van der Waals surface area contributed by atoms with E-state index >= 15 is 0 Å². The Bertz CT molecular complexity index is 620. The molecule has 112 valence electrons. The molecule has 0 bridgehead atoms. The number of halogens is 4. The number of hydrogen-bond acceptors (Lipinski definition) is 2. The van der Waals surface area contributed by atoms with E-state index in [-0.39, 0.29) is 22.5 Å². The summed E-state index contributed by atoms with van der Waals surface area (Å²) in [7, 11) is 0. The van der Waals surface area contributed by atoms with Crippen molar-refractivity contribution in [3.05, 3.63) is 62.5 Å². The molecule has 0 aliphatic rings. The summed E-state index contributed by atoms with van der Waals surface area (Å²) in [6.07, 6.45) is 0.167. The molecular formula is C15H13Br2F2NS. The van der Waals surface area contributed by atoms with Gasteiger partial charge < -0.3 is 5.73 Å². The van der Waals surface area contributed by atoms with E-state index in [1.807, 2.05) is 24.3 Å². The number of rotatable bonds is 5. The number of nitrogens with two attached hydrogens (primary N) is 1.